The van der Waals surface area contributed by atoms with E-state index in [2.05, 4.69) is 143 Å². The molecule has 1 saturated heterocycles. The van der Waals surface area contributed by atoms with Crippen molar-refractivity contribution >= 4 is 34.4 Å². The molecular formula is C52H71IN2O4. The lowest BCUT2D eigenvalue weighted by molar-refractivity contribution is -0.139. The van der Waals surface area contributed by atoms with E-state index in [9.17, 15) is 9.59 Å². The molecule has 0 radical (unpaired) electrons. The van der Waals surface area contributed by atoms with E-state index in [1.165, 1.54) is 62.5 Å². The maximum Gasteiger partial charge on any atom is 0.243 e. The van der Waals surface area contributed by atoms with Crippen molar-refractivity contribution in [1.82, 2.24) is 10.6 Å². The van der Waals surface area contributed by atoms with Crippen LogP contribution < -0.4 is 20.1 Å². The van der Waals surface area contributed by atoms with Crippen LogP contribution in [0.25, 0.3) is 0 Å². The predicted octanol–water partition coefficient (Wildman–Crippen LogP) is 11.2. The van der Waals surface area contributed by atoms with Gasteiger partial charge in [0, 0.05) is 17.5 Å². The summed E-state index contributed by atoms with van der Waals surface area (Å²) in [5.74, 6) is 8.02. The molecule has 8 aliphatic rings. The SMILES string of the molecule is Cc1ccc(O[C@H]2CC3C4C(CC[C@]3(C)C2)[C@@]2(C)C=CC(=O)N[C@@H]2C[C@@H]4C)cc1.Cc1ccc(O[C@H]2CC3C4C(CC[C@]3(C)C2)[C@@]2(C)C[C@@H](I)C(=O)N[C@@H]2C[C@@H]4C)cc1. The summed E-state index contributed by atoms with van der Waals surface area (Å²) < 4.78 is 13.1. The maximum atomic E-state index is 12.4. The van der Waals surface area contributed by atoms with Crippen molar-refractivity contribution in [2.45, 2.75) is 154 Å². The Balaban J connectivity index is 0.000000152. The van der Waals surface area contributed by atoms with Crippen LogP contribution in [0.1, 0.15) is 123 Å². The molecule has 0 spiro atoms. The third-order valence-corrected chi connectivity index (χ3v) is 19.6. The largest absolute Gasteiger partial charge is 0.490 e. The van der Waals surface area contributed by atoms with Crippen molar-refractivity contribution in [3.63, 3.8) is 0 Å². The number of carbonyl (C=O) groups is 2. The number of halogens is 1. The molecule has 7 fully saturated rings. The Bertz CT molecular complexity index is 1930. The van der Waals surface area contributed by atoms with Gasteiger partial charge in [0.05, 0.1) is 16.1 Å². The van der Waals surface area contributed by atoms with Gasteiger partial charge in [0.25, 0.3) is 0 Å². The monoisotopic (exact) mass is 914 g/mol. The number of fused-ring (bicyclic) bond motifs is 10. The van der Waals surface area contributed by atoms with Gasteiger partial charge in [-0.2, -0.15) is 0 Å². The number of piperidine rings is 1. The van der Waals surface area contributed by atoms with E-state index in [1.54, 1.807) is 6.08 Å². The van der Waals surface area contributed by atoms with Gasteiger partial charge < -0.3 is 20.1 Å². The molecule has 10 rings (SSSR count). The Kier molecular flexibility index (Phi) is 10.9. The number of carbonyl (C=O) groups excluding carboxylic acids is 2. The molecule has 0 aromatic heterocycles. The third-order valence-electron chi connectivity index (χ3n) is 18.6. The van der Waals surface area contributed by atoms with Crippen LogP contribution in [0.5, 0.6) is 11.5 Å². The predicted molar refractivity (Wildman–Crippen MR) is 244 cm³/mol. The zero-order chi connectivity index (χ0) is 41.6. The molecule has 0 bridgehead atoms. The molecule has 6 saturated carbocycles. The van der Waals surface area contributed by atoms with E-state index >= 15 is 0 Å². The zero-order valence-corrected chi connectivity index (χ0v) is 39.2. The second-order valence-corrected chi connectivity index (χ2v) is 23.9. The number of ether oxygens (including phenoxy) is 2. The van der Waals surface area contributed by atoms with Crippen LogP contribution in [0.4, 0.5) is 0 Å². The second kappa shape index (κ2) is 15.4. The Morgan fingerprint density at radius 2 is 1.12 bits per heavy atom. The van der Waals surface area contributed by atoms with Gasteiger partial charge in [-0.05, 0) is 178 Å². The van der Waals surface area contributed by atoms with Crippen LogP contribution in [0.15, 0.2) is 60.7 Å². The molecule has 2 amide bonds. The average Bonchev–Trinajstić information content (AvgIpc) is 3.71. The third kappa shape index (κ3) is 7.39. The lowest BCUT2D eigenvalue weighted by Gasteiger charge is -2.62. The average molecular weight is 915 g/mol. The molecule has 6 unspecified atom stereocenters. The Morgan fingerprint density at radius 1 is 0.627 bits per heavy atom. The number of hydrogen-bond donors (Lipinski definition) is 2. The zero-order valence-electron chi connectivity index (χ0n) is 37.1. The molecular weight excluding hydrogens is 843 g/mol. The number of hydrogen-bond acceptors (Lipinski definition) is 4. The van der Waals surface area contributed by atoms with E-state index in [-0.39, 0.29) is 26.6 Å². The van der Waals surface area contributed by atoms with Crippen molar-refractivity contribution in [2.24, 2.45) is 69.0 Å². The minimum Gasteiger partial charge on any atom is -0.490 e. The number of alkyl halides is 1. The normalized spacial score (nSPS) is 46.7. The van der Waals surface area contributed by atoms with E-state index in [1.807, 2.05) is 0 Å². The van der Waals surface area contributed by atoms with Crippen LogP contribution >= 0.6 is 22.6 Å². The number of amides is 2. The molecule has 320 valence electrons. The Hall–Kier alpha value is -2.55. The summed E-state index contributed by atoms with van der Waals surface area (Å²) in [6.07, 6.45) is 17.9. The molecule has 2 heterocycles. The van der Waals surface area contributed by atoms with Crippen molar-refractivity contribution < 1.29 is 19.1 Å². The lowest BCUT2D eigenvalue weighted by atomic mass is 9.45. The summed E-state index contributed by atoms with van der Waals surface area (Å²) >= 11 is 2.37. The molecule has 2 aliphatic heterocycles. The minimum absolute atomic E-state index is 0.0891. The first kappa shape index (κ1) is 41.8. The van der Waals surface area contributed by atoms with Crippen molar-refractivity contribution in [2.75, 3.05) is 0 Å². The number of benzene rings is 2. The summed E-state index contributed by atoms with van der Waals surface area (Å²) in [6, 6.07) is 17.7. The molecule has 2 aromatic carbocycles. The molecule has 7 heteroatoms. The molecule has 2 N–H and O–H groups in total. The van der Waals surface area contributed by atoms with Crippen molar-refractivity contribution in [1.29, 1.82) is 0 Å². The smallest absolute Gasteiger partial charge is 0.243 e. The highest BCUT2D eigenvalue weighted by Gasteiger charge is 2.63. The number of nitrogens with one attached hydrogen (secondary N) is 2. The van der Waals surface area contributed by atoms with Crippen LogP contribution in [0, 0.1) is 82.9 Å². The summed E-state index contributed by atoms with van der Waals surface area (Å²) in [7, 11) is 0. The maximum absolute atomic E-state index is 12.4. The van der Waals surface area contributed by atoms with E-state index < -0.39 is 0 Å². The summed E-state index contributed by atoms with van der Waals surface area (Å²) in [5, 5.41) is 6.70. The topological polar surface area (TPSA) is 76.7 Å². The summed E-state index contributed by atoms with van der Waals surface area (Å²) in [6.45, 7) is 19.1. The minimum atomic E-state index is 0.0891. The quantitative estimate of drug-likeness (QED) is 0.237. The summed E-state index contributed by atoms with van der Waals surface area (Å²) in [5.41, 5.74) is 3.68. The first-order valence-corrected chi connectivity index (χ1v) is 24.6. The first-order valence-electron chi connectivity index (χ1n) is 23.4. The fourth-order valence-corrected chi connectivity index (χ4v) is 16.7. The van der Waals surface area contributed by atoms with Gasteiger partial charge in [0.15, 0.2) is 0 Å². The van der Waals surface area contributed by atoms with Crippen LogP contribution in [-0.4, -0.2) is 40.0 Å². The number of aryl methyl sites for hydroxylation is 2. The molecule has 17 atom stereocenters. The van der Waals surface area contributed by atoms with Gasteiger partial charge in [-0.1, -0.05) is 106 Å². The molecule has 6 nitrogen and oxygen atoms in total. The molecule has 59 heavy (non-hydrogen) atoms. The first-order chi connectivity index (χ1) is 28.0. The Labute approximate surface area is 368 Å². The fraction of sp³-hybridized carbons (Fsp3) is 0.692. The van der Waals surface area contributed by atoms with Crippen LogP contribution in [0.3, 0.4) is 0 Å². The highest BCUT2D eigenvalue weighted by Crippen LogP contribution is 2.67. The fourth-order valence-electron chi connectivity index (χ4n) is 15.5. The molecule has 2 aromatic rings. The number of rotatable bonds is 4. The van der Waals surface area contributed by atoms with Crippen LogP contribution in [-0.2, 0) is 9.59 Å². The second-order valence-electron chi connectivity index (χ2n) is 22.4. The van der Waals surface area contributed by atoms with Gasteiger partial charge in [0.2, 0.25) is 11.8 Å². The van der Waals surface area contributed by atoms with Crippen molar-refractivity contribution in [3.05, 3.63) is 71.8 Å². The van der Waals surface area contributed by atoms with Gasteiger partial charge in [-0.3, -0.25) is 9.59 Å². The summed E-state index contributed by atoms with van der Waals surface area (Å²) in [4.78, 5) is 24.4. The van der Waals surface area contributed by atoms with Crippen molar-refractivity contribution in [3.8, 4) is 11.5 Å². The highest BCUT2D eigenvalue weighted by atomic mass is 127. The Morgan fingerprint density at radius 3 is 1.66 bits per heavy atom. The molecule has 6 aliphatic carbocycles. The van der Waals surface area contributed by atoms with E-state index in [4.69, 9.17) is 9.47 Å². The highest BCUT2D eigenvalue weighted by molar-refractivity contribution is 14.1. The standard InChI is InChI=1S/C26H36INO2.C26H35NO2/c1-15-5-7-17(8-6-15)30-18-12-20-23-16(2)11-22-26(4,14-21(27)24(29)28-22)19(23)9-10-25(20,3)13-18;1-16-5-7-18(8-6-16)29-19-14-21-24-17(2)13-22-26(4,12-10-23(28)27-22)20(24)9-11-25(21,3)15-19/h5-8,16,18-23H,9-14H2,1-4H3,(H,28,29);5-8,10,12,17,19-22,24H,9,11,13-15H2,1-4H3,(H,27,28)/t16-,18-,19?,20?,21+,22+,23?,25+,26+;17-,19-,20?,21?,22+,24?,25+,26+/m00/s1. The van der Waals surface area contributed by atoms with Gasteiger partial charge in [0.1, 0.15) is 11.5 Å². The van der Waals surface area contributed by atoms with Crippen LogP contribution in [0.2, 0.25) is 0 Å². The lowest BCUT2D eigenvalue weighted by Crippen LogP contribution is -2.64. The van der Waals surface area contributed by atoms with E-state index in [0.29, 0.717) is 52.9 Å². The van der Waals surface area contributed by atoms with E-state index in [0.717, 1.165) is 60.4 Å². The van der Waals surface area contributed by atoms with Gasteiger partial charge in [-0.25, -0.2) is 0 Å². The van der Waals surface area contributed by atoms with Gasteiger partial charge >= 0.3 is 0 Å². The van der Waals surface area contributed by atoms with Gasteiger partial charge in [-0.15, -0.1) is 0 Å².